The van der Waals surface area contributed by atoms with Crippen molar-refractivity contribution in [1.82, 2.24) is 9.97 Å². The van der Waals surface area contributed by atoms with Gasteiger partial charge in [0.05, 0.1) is 17.9 Å². The third-order valence-electron chi connectivity index (χ3n) is 1.79. The van der Waals surface area contributed by atoms with Crippen LogP contribution in [0.15, 0.2) is 6.20 Å². The van der Waals surface area contributed by atoms with Crippen LogP contribution < -0.4 is 10.5 Å². The van der Waals surface area contributed by atoms with Crippen LogP contribution in [0.1, 0.15) is 25.1 Å². The Morgan fingerprint density at radius 1 is 1.60 bits per heavy atom. The van der Waals surface area contributed by atoms with Crippen LogP contribution in [-0.2, 0) is 0 Å². The van der Waals surface area contributed by atoms with Crippen LogP contribution in [0.3, 0.4) is 0 Å². The van der Waals surface area contributed by atoms with Crippen molar-refractivity contribution < 1.29 is 4.74 Å². The van der Waals surface area contributed by atoms with Crippen LogP contribution in [0.5, 0.6) is 6.01 Å². The Kier molecular flexibility index (Phi) is 3.60. The lowest BCUT2D eigenvalue weighted by Gasteiger charge is -2.08. The minimum atomic E-state index is -0.0251. The molecule has 0 aliphatic rings. The molecule has 0 aliphatic heterocycles. The summed E-state index contributed by atoms with van der Waals surface area (Å²) < 4.78 is 5.35. The van der Waals surface area contributed by atoms with E-state index in [1.54, 1.807) is 6.92 Å². The fourth-order valence-corrected chi connectivity index (χ4v) is 1.02. The highest BCUT2D eigenvalue weighted by Gasteiger charge is 2.06. The molecule has 3 N–H and O–H groups in total. The fraction of sp³-hybridized carbons (Fsp3) is 0.500. The molecule has 5 heteroatoms. The summed E-state index contributed by atoms with van der Waals surface area (Å²) in [6.45, 7) is 6.47. The number of nitrogens with two attached hydrogens (primary N) is 1. The highest BCUT2D eigenvalue weighted by Crippen LogP contribution is 2.08. The van der Waals surface area contributed by atoms with E-state index in [1.165, 1.54) is 6.20 Å². The number of hydrogen-bond acceptors (Lipinski definition) is 4. The maximum Gasteiger partial charge on any atom is 0.316 e. The Hall–Kier alpha value is -1.65. The lowest BCUT2D eigenvalue weighted by atomic mass is 10.2. The first kappa shape index (κ1) is 11.4. The van der Waals surface area contributed by atoms with E-state index < -0.39 is 0 Å². The number of aromatic nitrogens is 2. The van der Waals surface area contributed by atoms with Gasteiger partial charge in [-0.05, 0) is 12.8 Å². The van der Waals surface area contributed by atoms with Crippen molar-refractivity contribution in [2.24, 2.45) is 11.7 Å². The molecule has 0 unspecified atom stereocenters. The van der Waals surface area contributed by atoms with Crippen LogP contribution in [0, 0.1) is 18.3 Å². The number of nitrogens with one attached hydrogen (secondary N) is 1. The van der Waals surface area contributed by atoms with Crippen LogP contribution in [-0.4, -0.2) is 22.4 Å². The third kappa shape index (κ3) is 3.19. The van der Waals surface area contributed by atoms with Gasteiger partial charge >= 0.3 is 6.01 Å². The molecule has 0 fully saturated rings. The summed E-state index contributed by atoms with van der Waals surface area (Å²) in [5, 5.41) is 7.27. The van der Waals surface area contributed by atoms with Crippen molar-refractivity contribution in [3.05, 3.63) is 17.5 Å². The van der Waals surface area contributed by atoms with E-state index >= 15 is 0 Å². The molecule has 0 saturated carbocycles. The summed E-state index contributed by atoms with van der Waals surface area (Å²) in [6, 6.07) is 0.339. The lowest BCUT2D eigenvalue weighted by Crippen LogP contribution is -2.15. The van der Waals surface area contributed by atoms with Crippen LogP contribution in [0.4, 0.5) is 0 Å². The Morgan fingerprint density at radius 3 is 2.73 bits per heavy atom. The van der Waals surface area contributed by atoms with E-state index in [-0.39, 0.29) is 5.84 Å². The van der Waals surface area contributed by atoms with E-state index in [0.717, 1.165) is 0 Å². The summed E-state index contributed by atoms with van der Waals surface area (Å²) in [7, 11) is 0. The van der Waals surface area contributed by atoms with Gasteiger partial charge in [0.2, 0.25) is 0 Å². The van der Waals surface area contributed by atoms with Gasteiger partial charge < -0.3 is 10.5 Å². The van der Waals surface area contributed by atoms with E-state index in [0.29, 0.717) is 29.8 Å². The van der Waals surface area contributed by atoms with E-state index in [2.05, 4.69) is 23.8 Å². The molecule has 0 radical (unpaired) electrons. The molecular formula is C10H16N4O. The number of rotatable bonds is 4. The number of amidine groups is 1. The number of hydrogen-bond donors (Lipinski definition) is 2. The van der Waals surface area contributed by atoms with E-state index in [1.807, 2.05) is 0 Å². The fourth-order valence-electron chi connectivity index (χ4n) is 1.02. The topological polar surface area (TPSA) is 84.9 Å². The largest absolute Gasteiger partial charge is 0.463 e. The zero-order valence-electron chi connectivity index (χ0n) is 9.24. The molecule has 0 bridgehead atoms. The highest BCUT2D eigenvalue weighted by molar-refractivity contribution is 5.95. The number of nitrogens with zero attached hydrogens (tertiary/aromatic N) is 2. The molecule has 0 saturated heterocycles. The Labute approximate surface area is 89.2 Å². The Balaban J connectivity index is 2.78. The molecule has 0 amide bonds. The van der Waals surface area contributed by atoms with Crippen LogP contribution >= 0.6 is 0 Å². The van der Waals surface area contributed by atoms with Gasteiger partial charge in [-0.15, -0.1) is 0 Å². The average molecular weight is 208 g/mol. The van der Waals surface area contributed by atoms with E-state index in [9.17, 15) is 0 Å². The lowest BCUT2D eigenvalue weighted by molar-refractivity contribution is 0.250. The average Bonchev–Trinajstić information content (AvgIpc) is 2.14. The molecule has 1 aromatic rings. The summed E-state index contributed by atoms with van der Waals surface area (Å²) >= 11 is 0. The summed E-state index contributed by atoms with van der Waals surface area (Å²) in [5.41, 5.74) is 6.56. The standard InChI is InChI=1S/C10H16N4O/c1-6(2)5-15-10-13-4-8(9(11)12)7(3)14-10/h4,6H,5H2,1-3H3,(H3,11,12). The zero-order chi connectivity index (χ0) is 11.4. The van der Waals surface area contributed by atoms with Gasteiger partial charge in [-0.3, -0.25) is 5.41 Å². The molecule has 0 spiro atoms. The second-order valence-corrected chi connectivity index (χ2v) is 3.77. The maximum atomic E-state index is 7.27. The molecule has 1 aromatic heterocycles. The quantitative estimate of drug-likeness (QED) is 0.573. The molecule has 5 nitrogen and oxygen atoms in total. The SMILES string of the molecule is Cc1nc(OCC(C)C)ncc1C(=N)N. The van der Waals surface area contributed by atoms with Gasteiger partial charge in [-0.2, -0.15) is 4.98 Å². The van der Waals surface area contributed by atoms with Crippen molar-refractivity contribution in [2.45, 2.75) is 20.8 Å². The minimum Gasteiger partial charge on any atom is -0.463 e. The molecule has 1 rings (SSSR count). The molecule has 1 heterocycles. The van der Waals surface area contributed by atoms with Gasteiger partial charge in [0.15, 0.2) is 0 Å². The first-order chi connectivity index (χ1) is 7.00. The van der Waals surface area contributed by atoms with Crippen molar-refractivity contribution in [1.29, 1.82) is 5.41 Å². The first-order valence-corrected chi connectivity index (χ1v) is 4.81. The van der Waals surface area contributed by atoms with Crippen molar-refractivity contribution >= 4 is 5.84 Å². The van der Waals surface area contributed by atoms with Gasteiger partial charge in [0.25, 0.3) is 0 Å². The predicted molar refractivity (Wildman–Crippen MR) is 58.1 cm³/mol. The second-order valence-electron chi connectivity index (χ2n) is 3.77. The van der Waals surface area contributed by atoms with Crippen LogP contribution in [0.25, 0.3) is 0 Å². The predicted octanol–water partition coefficient (Wildman–Crippen LogP) is 1.10. The number of aryl methyl sites for hydroxylation is 1. The normalized spacial score (nSPS) is 10.4. The molecular weight excluding hydrogens is 192 g/mol. The third-order valence-corrected chi connectivity index (χ3v) is 1.79. The van der Waals surface area contributed by atoms with E-state index in [4.69, 9.17) is 15.9 Å². The minimum absolute atomic E-state index is 0.0251. The summed E-state index contributed by atoms with van der Waals surface area (Å²) in [6.07, 6.45) is 1.51. The Bertz CT molecular complexity index is 362. The van der Waals surface area contributed by atoms with Gasteiger partial charge in [-0.25, -0.2) is 4.98 Å². The van der Waals surface area contributed by atoms with Gasteiger partial charge in [0.1, 0.15) is 5.84 Å². The summed E-state index contributed by atoms with van der Waals surface area (Å²) in [4.78, 5) is 8.09. The maximum absolute atomic E-state index is 7.27. The molecule has 0 aromatic carbocycles. The second kappa shape index (κ2) is 4.72. The van der Waals surface area contributed by atoms with Crippen molar-refractivity contribution in [3.63, 3.8) is 0 Å². The monoisotopic (exact) mass is 208 g/mol. The van der Waals surface area contributed by atoms with Gasteiger partial charge in [0, 0.05) is 6.20 Å². The smallest absolute Gasteiger partial charge is 0.316 e. The number of ether oxygens (including phenoxy) is 1. The Morgan fingerprint density at radius 2 is 2.27 bits per heavy atom. The zero-order valence-corrected chi connectivity index (χ0v) is 9.24. The highest BCUT2D eigenvalue weighted by atomic mass is 16.5. The molecule has 82 valence electrons. The number of nitrogen functional groups attached to an aromatic ring is 1. The molecule has 0 aliphatic carbocycles. The van der Waals surface area contributed by atoms with Crippen molar-refractivity contribution in [3.8, 4) is 6.01 Å². The van der Waals surface area contributed by atoms with Crippen LogP contribution in [0.2, 0.25) is 0 Å². The van der Waals surface area contributed by atoms with Gasteiger partial charge in [-0.1, -0.05) is 13.8 Å². The first-order valence-electron chi connectivity index (χ1n) is 4.81. The van der Waals surface area contributed by atoms with Crippen molar-refractivity contribution in [2.75, 3.05) is 6.61 Å². The summed E-state index contributed by atoms with van der Waals surface area (Å²) in [5.74, 6) is 0.407. The molecule has 0 atom stereocenters. The molecule has 15 heavy (non-hydrogen) atoms.